The molecule has 0 aliphatic heterocycles. The number of benzene rings is 1. The largest absolute Gasteiger partial charge is 0.497 e. The number of hydrogen-bond acceptors (Lipinski definition) is 8. The summed E-state index contributed by atoms with van der Waals surface area (Å²) < 4.78 is 5.10. The van der Waals surface area contributed by atoms with E-state index in [1.54, 1.807) is 31.4 Å². The summed E-state index contributed by atoms with van der Waals surface area (Å²) in [7, 11) is 1.60. The van der Waals surface area contributed by atoms with Crippen molar-refractivity contribution < 1.29 is 9.53 Å². The maximum atomic E-state index is 12.3. The highest BCUT2D eigenvalue weighted by atomic mass is 32.2. The highest BCUT2D eigenvalue weighted by molar-refractivity contribution is 7.98. The molecular formula is C16H16N6O2S2. The van der Waals surface area contributed by atoms with Gasteiger partial charge in [0.2, 0.25) is 10.2 Å². The molecule has 0 unspecified atom stereocenters. The van der Waals surface area contributed by atoms with Crippen LogP contribution in [0, 0.1) is 0 Å². The minimum Gasteiger partial charge on any atom is -0.497 e. The zero-order chi connectivity index (χ0) is 17.9. The van der Waals surface area contributed by atoms with Gasteiger partial charge in [0, 0.05) is 11.6 Å². The summed E-state index contributed by atoms with van der Waals surface area (Å²) in [5.41, 5.74) is 0.676. The predicted octanol–water partition coefficient (Wildman–Crippen LogP) is 3.09. The number of amides is 1. The van der Waals surface area contributed by atoms with E-state index in [0.717, 1.165) is 16.6 Å². The van der Waals surface area contributed by atoms with E-state index in [-0.39, 0.29) is 5.91 Å². The van der Waals surface area contributed by atoms with E-state index >= 15 is 0 Å². The van der Waals surface area contributed by atoms with E-state index in [4.69, 9.17) is 4.74 Å². The minimum absolute atomic E-state index is 0.280. The van der Waals surface area contributed by atoms with Gasteiger partial charge in [0.25, 0.3) is 5.91 Å². The SMILES string of the molecule is COc1ccc(NC(=O)c2nnc(CSc3n[nH]c(C4CC4)n3)s2)cc1. The lowest BCUT2D eigenvalue weighted by Crippen LogP contribution is -2.11. The van der Waals surface area contributed by atoms with E-state index in [2.05, 4.69) is 30.7 Å². The molecule has 0 spiro atoms. The molecule has 2 heterocycles. The summed E-state index contributed by atoms with van der Waals surface area (Å²) in [6, 6.07) is 7.11. The van der Waals surface area contributed by atoms with Crippen LogP contribution < -0.4 is 10.1 Å². The Kier molecular flexibility index (Phi) is 4.85. The van der Waals surface area contributed by atoms with Gasteiger partial charge >= 0.3 is 0 Å². The molecular weight excluding hydrogens is 372 g/mol. The molecule has 134 valence electrons. The monoisotopic (exact) mass is 388 g/mol. The molecule has 0 saturated heterocycles. The molecule has 2 aromatic heterocycles. The normalized spacial score (nSPS) is 13.6. The summed E-state index contributed by atoms with van der Waals surface area (Å²) in [4.78, 5) is 16.7. The fourth-order valence-corrected chi connectivity index (χ4v) is 3.78. The number of aromatic amines is 1. The van der Waals surface area contributed by atoms with Crippen LogP contribution >= 0.6 is 23.1 Å². The maximum absolute atomic E-state index is 12.3. The molecule has 1 aliphatic rings. The number of H-pyrrole nitrogens is 1. The highest BCUT2D eigenvalue weighted by Crippen LogP contribution is 2.38. The maximum Gasteiger partial charge on any atom is 0.286 e. The number of nitrogens with one attached hydrogen (secondary N) is 2. The number of carbonyl (C=O) groups excluding carboxylic acids is 1. The third-order valence-corrected chi connectivity index (χ3v) is 5.74. The van der Waals surface area contributed by atoms with Gasteiger partial charge in [0.1, 0.15) is 16.6 Å². The van der Waals surface area contributed by atoms with E-state index in [1.165, 1.54) is 35.9 Å². The first kappa shape index (κ1) is 17.0. The third kappa shape index (κ3) is 4.02. The number of thioether (sulfide) groups is 1. The summed E-state index contributed by atoms with van der Waals surface area (Å²) in [5, 5.41) is 19.8. The molecule has 26 heavy (non-hydrogen) atoms. The Morgan fingerprint density at radius 2 is 2.15 bits per heavy atom. The number of anilines is 1. The standard InChI is InChI=1S/C16H16N6O2S2/c1-24-11-6-4-10(5-7-11)17-14(23)15-21-19-12(26-15)8-25-16-18-13(20-22-16)9-2-3-9/h4-7,9H,2-3,8H2,1H3,(H,17,23)(H,18,20,22). The lowest BCUT2D eigenvalue weighted by atomic mass is 10.3. The van der Waals surface area contributed by atoms with E-state index in [9.17, 15) is 4.79 Å². The Morgan fingerprint density at radius 1 is 1.35 bits per heavy atom. The molecule has 3 aromatic rings. The van der Waals surface area contributed by atoms with Crippen molar-refractivity contribution in [2.45, 2.75) is 29.7 Å². The van der Waals surface area contributed by atoms with Crippen molar-refractivity contribution >= 4 is 34.7 Å². The van der Waals surface area contributed by atoms with Crippen molar-refractivity contribution in [3.63, 3.8) is 0 Å². The van der Waals surface area contributed by atoms with Crippen LogP contribution in [0.3, 0.4) is 0 Å². The van der Waals surface area contributed by atoms with Crippen molar-refractivity contribution in [1.29, 1.82) is 0 Å². The molecule has 0 radical (unpaired) electrons. The number of aromatic nitrogens is 5. The first-order valence-corrected chi connectivity index (χ1v) is 9.84. The van der Waals surface area contributed by atoms with Gasteiger partial charge < -0.3 is 10.1 Å². The number of rotatable bonds is 7. The molecule has 8 nitrogen and oxygen atoms in total. The zero-order valence-corrected chi connectivity index (χ0v) is 15.6. The molecule has 10 heteroatoms. The summed E-state index contributed by atoms with van der Waals surface area (Å²) in [6.45, 7) is 0. The second-order valence-corrected chi connectivity index (χ2v) is 7.75. The molecule has 0 atom stereocenters. The van der Waals surface area contributed by atoms with Gasteiger partial charge in [-0.15, -0.1) is 15.3 Å². The Bertz CT molecular complexity index is 904. The Labute approximate surface area is 157 Å². The molecule has 1 fully saturated rings. The second-order valence-electron chi connectivity index (χ2n) is 5.75. The molecule has 2 N–H and O–H groups in total. The van der Waals surface area contributed by atoms with Crippen LogP contribution in [0.2, 0.25) is 0 Å². The molecule has 1 amide bonds. The number of carbonyl (C=O) groups is 1. The molecule has 1 aromatic carbocycles. The van der Waals surface area contributed by atoms with E-state index in [0.29, 0.717) is 27.5 Å². The lowest BCUT2D eigenvalue weighted by Gasteiger charge is -2.03. The average molecular weight is 388 g/mol. The quantitative estimate of drug-likeness (QED) is 0.599. The van der Waals surface area contributed by atoms with Crippen molar-refractivity contribution in [2.75, 3.05) is 12.4 Å². The van der Waals surface area contributed by atoms with Gasteiger partial charge in [0.05, 0.1) is 12.9 Å². The Morgan fingerprint density at radius 3 is 2.88 bits per heavy atom. The van der Waals surface area contributed by atoms with Gasteiger partial charge in [-0.2, -0.15) is 0 Å². The fraction of sp³-hybridized carbons (Fsp3) is 0.312. The minimum atomic E-state index is -0.280. The number of ether oxygens (including phenoxy) is 1. The van der Waals surface area contributed by atoms with Gasteiger partial charge in [-0.3, -0.25) is 9.89 Å². The fourth-order valence-electron chi connectivity index (χ4n) is 2.25. The number of nitrogens with zero attached hydrogens (tertiary/aromatic N) is 4. The Hall–Kier alpha value is -2.46. The van der Waals surface area contributed by atoms with Crippen LogP contribution in [-0.2, 0) is 5.75 Å². The van der Waals surface area contributed by atoms with Crippen LogP contribution in [0.15, 0.2) is 29.4 Å². The number of hydrogen-bond donors (Lipinski definition) is 2. The summed E-state index contributed by atoms with van der Waals surface area (Å²) in [6.07, 6.45) is 2.37. The van der Waals surface area contributed by atoms with Crippen molar-refractivity contribution in [3.05, 3.63) is 40.1 Å². The van der Waals surface area contributed by atoms with E-state index in [1.807, 2.05) is 0 Å². The van der Waals surface area contributed by atoms with E-state index < -0.39 is 0 Å². The Balaban J connectivity index is 1.33. The van der Waals surface area contributed by atoms with Gasteiger partial charge in [-0.25, -0.2) is 4.98 Å². The average Bonchev–Trinajstić information content (AvgIpc) is 3.21. The predicted molar refractivity (Wildman–Crippen MR) is 98.8 cm³/mol. The molecule has 1 saturated carbocycles. The topological polar surface area (TPSA) is 106 Å². The zero-order valence-electron chi connectivity index (χ0n) is 13.9. The molecule has 4 rings (SSSR count). The van der Waals surface area contributed by atoms with Crippen LogP contribution in [0.4, 0.5) is 5.69 Å². The van der Waals surface area contributed by atoms with Crippen molar-refractivity contribution in [1.82, 2.24) is 25.4 Å². The summed E-state index contributed by atoms with van der Waals surface area (Å²) in [5.74, 6) is 2.54. The number of methoxy groups -OCH3 is 1. The highest BCUT2D eigenvalue weighted by Gasteiger charge is 2.27. The van der Waals surface area contributed by atoms with Crippen molar-refractivity contribution in [2.24, 2.45) is 0 Å². The van der Waals surface area contributed by atoms with Crippen LogP contribution in [-0.4, -0.2) is 38.4 Å². The second kappa shape index (κ2) is 7.42. The first-order chi connectivity index (χ1) is 12.7. The molecule has 1 aliphatic carbocycles. The van der Waals surface area contributed by atoms with Gasteiger partial charge in [-0.1, -0.05) is 23.1 Å². The van der Waals surface area contributed by atoms with Crippen LogP contribution in [0.25, 0.3) is 0 Å². The van der Waals surface area contributed by atoms with Crippen LogP contribution in [0.1, 0.15) is 39.4 Å². The first-order valence-electron chi connectivity index (χ1n) is 8.04. The van der Waals surface area contributed by atoms with Gasteiger partial charge in [0.15, 0.2) is 0 Å². The van der Waals surface area contributed by atoms with Crippen LogP contribution in [0.5, 0.6) is 5.75 Å². The lowest BCUT2D eigenvalue weighted by molar-refractivity contribution is 0.102. The molecule has 0 bridgehead atoms. The van der Waals surface area contributed by atoms with Crippen molar-refractivity contribution in [3.8, 4) is 5.75 Å². The third-order valence-electron chi connectivity index (χ3n) is 3.78. The van der Waals surface area contributed by atoms with Gasteiger partial charge in [-0.05, 0) is 37.1 Å². The summed E-state index contributed by atoms with van der Waals surface area (Å²) >= 11 is 2.75. The smallest absolute Gasteiger partial charge is 0.286 e.